The molecule has 0 saturated heterocycles. The van der Waals surface area contributed by atoms with Gasteiger partial charge in [0.1, 0.15) is 11.6 Å². The van der Waals surface area contributed by atoms with Crippen molar-refractivity contribution in [2.45, 2.75) is 37.8 Å². The van der Waals surface area contributed by atoms with Gasteiger partial charge in [-0.05, 0) is 25.0 Å². The number of nitrogens with two attached hydrogens (primary N) is 1. The van der Waals surface area contributed by atoms with E-state index >= 15 is 0 Å². The SMILES string of the molecule is NC1(c2noc(COc3ccc(F)c(Cl)c3)n2)CCCC1. The number of halogens is 2. The molecule has 0 radical (unpaired) electrons. The summed E-state index contributed by atoms with van der Waals surface area (Å²) in [6.07, 6.45) is 3.87. The molecule has 0 aliphatic heterocycles. The minimum absolute atomic E-state index is 0.00517. The number of rotatable bonds is 4. The largest absolute Gasteiger partial charge is 0.484 e. The average Bonchev–Trinajstić information content (AvgIpc) is 3.10. The number of hydrogen-bond donors (Lipinski definition) is 1. The van der Waals surface area contributed by atoms with Crippen LogP contribution in [0.1, 0.15) is 37.4 Å². The van der Waals surface area contributed by atoms with E-state index < -0.39 is 11.4 Å². The van der Waals surface area contributed by atoms with Gasteiger partial charge in [0, 0.05) is 6.07 Å². The van der Waals surface area contributed by atoms with Gasteiger partial charge in [-0.1, -0.05) is 29.6 Å². The third-order valence-corrected chi connectivity index (χ3v) is 3.95. The first-order chi connectivity index (χ1) is 10.1. The number of benzene rings is 1. The van der Waals surface area contributed by atoms with Gasteiger partial charge in [0.05, 0.1) is 10.6 Å². The fourth-order valence-corrected chi connectivity index (χ4v) is 2.63. The number of nitrogens with zero attached hydrogens (tertiary/aromatic N) is 2. The third kappa shape index (κ3) is 3.01. The molecule has 1 fully saturated rings. The second kappa shape index (κ2) is 5.61. The van der Waals surface area contributed by atoms with E-state index in [0.29, 0.717) is 17.5 Å². The van der Waals surface area contributed by atoms with Gasteiger partial charge in [0.25, 0.3) is 5.89 Å². The summed E-state index contributed by atoms with van der Waals surface area (Å²) in [6.45, 7) is 0.0883. The molecule has 2 N–H and O–H groups in total. The van der Waals surface area contributed by atoms with Crippen molar-refractivity contribution >= 4 is 11.6 Å². The van der Waals surface area contributed by atoms with E-state index in [0.717, 1.165) is 25.7 Å². The van der Waals surface area contributed by atoms with Crippen molar-refractivity contribution in [2.24, 2.45) is 5.73 Å². The smallest absolute Gasteiger partial charge is 0.264 e. The number of ether oxygens (including phenoxy) is 1. The van der Waals surface area contributed by atoms with E-state index in [1.807, 2.05) is 0 Å². The van der Waals surface area contributed by atoms with E-state index in [2.05, 4.69) is 10.1 Å². The van der Waals surface area contributed by atoms with Gasteiger partial charge in [-0.2, -0.15) is 4.98 Å². The summed E-state index contributed by atoms with van der Waals surface area (Å²) in [5.74, 6) is 0.804. The summed E-state index contributed by atoms with van der Waals surface area (Å²) in [7, 11) is 0. The first kappa shape index (κ1) is 14.3. The van der Waals surface area contributed by atoms with Gasteiger partial charge in [0.15, 0.2) is 12.4 Å². The monoisotopic (exact) mass is 311 g/mol. The van der Waals surface area contributed by atoms with Crippen LogP contribution in [-0.2, 0) is 12.1 Å². The summed E-state index contributed by atoms with van der Waals surface area (Å²) in [5.41, 5.74) is 5.77. The molecule has 1 heterocycles. The van der Waals surface area contributed by atoms with E-state index in [-0.39, 0.29) is 11.6 Å². The second-order valence-corrected chi connectivity index (χ2v) is 5.65. The Morgan fingerprint density at radius 3 is 2.86 bits per heavy atom. The summed E-state index contributed by atoms with van der Waals surface area (Å²) >= 11 is 5.68. The molecule has 1 saturated carbocycles. The molecule has 0 unspecified atom stereocenters. The Bertz CT molecular complexity index is 641. The third-order valence-electron chi connectivity index (χ3n) is 3.66. The number of aromatic nitrogens is 2. The standard InChI is InChI=1S/C14H15ClFN3O2/c15-10-7-9(3-4-11(10)16)20-8-12-18-13(19-21-12)14(17)5-1-2-6-14/h3-4,7H,1-2,5-6,8,17H2. The molecule has 1 aromatic carbocycles. The van der Waals surface area contributed by atoms with Crippen LogP contribution in [0.25, 0.3) is 0 Å². The Morgan fingerprint density at radius 1 is 1.38 bits per heavy atom. The van der Waals surface area contributed by atoms with Gasteiger partial charge in [-0.25, -0.2) is 4.39 Å². The van der Waals surface area contributed by atoms with Gasteiger partial charge >= 0.3 is 0 Å². The van der Waals surface area contributed by atoms with Crippen LogP contribution >= 0.6 is 11.6 Å². The summed E-state index contributed by atoms with van der Waals surface area (Å²) < 4.78 is 23.6. The molecule has 0 spiro atoms. The zero-order valence-corrected chi connectivity index (χ0v) is 12.1. The lowest BCUT2D eigenvalue weighted by atomic mass is 9.99. The van der Waals surface area contributed by atoms with Crippen LogP contribution in [0.15, 0.2) is 22.7 Å². The Balaban J connectivity index is 1.66. The maximum atomic E-state index is 13.0. The van der Waals surface area contributed by atoms with Crippen molar-refractivity contribution in [2.75, 3.05) is 0 Å². The maximum Gasteiger partial charge on any atom is 0.264 e. The minimum Gasteiger partial charge on any atom is -0.484 e. The molecule has 112 valence electrons. The Kier molecular flexibility index (Phi) is 3.82. The van der Waals surface area contributed by atoms with E-state index in [9.17, 15) is 4.39 Å². The molecular weight excluding hydrogens is 297 g/mol. The zero-order valence-electron chi connectivity index (χ0n) is 11.3. The molecule has 1 aliphatic carbocycles. The first-order valence-corrected chi connectivity index (χ1v) is 7.14. The highest BCUT2D eigenvalue weighted by atomic mass is 35.5. The summed E-state index contributed by atoms with van der Waals surface area (Å²) in [6, 6.07) is 4.12. The summed E-state index contributed by atoms with van der Waals surface area (Å²) in [4.78, 5) is 4.28. The van der Waals surface area contributed by atoms with Crippen LogP contribution in [-0.4, -0.2) is 10.1 Å². The molecule has 0 atom stereocenters. The highest BCUT2D eigenvalue weighted by Gasteiger charge is 2.35. The molecule has 21 heavy (non-hydrogen) atoms. The van der Waals surface area contributed by atoms with Crippen LogP contribution in [0, 0.1) is 5.82 Å². The van der Waals surface area contributed by atoms with Crippen molar-refractivity contribution in [3.8, 4) is 5.75 Å². The van der Waals surface area contributed by atoms with Gasteiger partial charge in [-0.15, -0.1) is 0 Å². The van der Waals surface area contributed by atoms with E-state index in [1.165, 1.54) is 18.2 Å². The van der Waals surface area contributed by atoms with Gasteiger partial charge < -0.3 is 15.0 Å². The van der Waals surface area contributed by atoms with Crippen molar-refractivity contribution in [3.05, 3.63) is 40.8 Å². The molecule has 1 aromatic heterocycles. The molecule has 0 bridgehead atoms. The Morgan fingerprint density at radius 2 is 2.14 bits per heavy atom. The van der Waals surface area contributed by atoms with Gasteiger partial charge in [0.2, 0.25) is 0 Å². The molecule has 0 amide bonds. The molecule has 5 nitrogen and oxygen atoms in total. The van der Waals surface area contributed by atoms with E-state index in [4.69, 9.17) is 26.6 Å². The van der Waals surface area contributed by atoms with Crippen LogP contribution < -0.4 is 10.5 Å². The average molecular weight is 312 g/mol. The molecule has 1 aliphatic rings. The predicted molar refractivity (Wildman–Crippen MR) is 74.4 cm³/mol. The Labute approximate surface area is 126 Å². The highest BCUT2D eigenvalue weighted by molar-refractivity contribution is 6.30. The quantitative estimate of drug-likeness (QED) is 0.938. The maximum absolute atomic E-state index is 13.0. The lowest BCUT2D eigenvalue weighted by molar-refractivity contribution is 0.241. The highest BCUT2D eigenvalue weighted by Crippen LogP contribution is 2.34. The van der Waals surface area contributed by atoms with Gasteiger partial charge in [-0.3, -0.25) is 0 Å². The van der Waals surface area contributed by atoms with E-state index in [1.54, 1.807) is 0 Å². The van der Waals surface area contributed by atoms with Crippen molar-refractivity contribution in [3.63, 3.8) is 0 Å². The predicted octanol–water partition coefficient (Wildman–Crippen LogP) is 3.17. The van der Waals surface area contributed by atoms with Crippen LogP contribution in [0.5, 0.6) is 5.75 Å². The molecule has 3 rings (SSSR count). The number of hydrogen-bond acceptors (Lipinski definition) is 5. The lowest BCUT2D eigenvalue weighted by Gasteiger charge is -2.17. The normalized spacial score (nSPS) is 17.1. The van der Waals surface area contributed by atoms with Crippen molar-refractivity contribution in [1.82, 2.24) is 10.1 Å². The van der Waals surface area contributed by atoms with Crippen molar-refractivity contribution in [1.29, 1.82) is 0 Å². The molecule has 7 heteroatoms. The lowest BCUT2D eigenvalue weighted by Crippen LogP contribution is -2.34. The minimum atomic E-state index is -0.490. The second-order valence-electron chi connectivity index (χ2n) is 5.24. The van der Waals surface area contributed by atoms with Crippen LogP contribution in [0.3, 0.4) is 0 Å². The molecule has 2 aromatic rings. The van der Waals surface area contributed by atoms with Crippen molar-refractivity contribution < 1.29 is 13.7 Å². The summed E-state index contributed by atoms with van der Waals surface area (Å²) in [5, 5.41) is 3.94. The zero-order chi connectivity index (χ0) is 14.9. The topological polar surface area (TPSA) is 74.2 Å². The fraction of sp³-hybridized carbons (Fsp3) is 0.429. The Hall–Kier alpha value is -1.66. The van der Waals surface area contributed by atoms with Crippen LogP contribution in [0.2, 0.25) is 5.02 Å². The first-order valence-electron chi connectivity index (χ1n) is 6.77. The van der Waals surface area contributed by atoms with Crippen LogP contribution in [0.4, 0.5) is 4.39 Å². The molecular formula is C14H15ClFN3O2. The fourth-order valence-electron chi connectivity index (χ4n) is 2.46.